The fourth-order valence-electron chi connectivity index (χ4n) is 2.36. The molecule has 1 fully saturated rings. The molecule has 5 nitrogen and oxygen atoms in total. The molecule has 5 heteroatoms. The van der Waals surface area contributed by atoms with Gasteiger partial charge in [-0.3, -0.25) is 0 Å². The summed E-state index contributed by atoms with van der Waals surface area (Å²) in [5.74, 6) is -0.267. The predicted octanol–water partition coefficient (Wildman–Crippen LogP) is 1.99. The van der Waals surface area contributed by atoms with Crippen LogP contribution in [0.25, 0.3) is 0 Å². The van der Waals surface area contributed by atoms with E-state index in [1.165, 1.54) is 6.07 Å². The van der Waals surface area contributed by atoms with Crippen LogP contribution in [-0.2, 0) is 0 Å². The predicted molar refractivity (Wildman–Crippen MR) is 72.2 cm³/mol. The van der Waals surface area contributed by atoms with Crippen molar-refractivity contribution < 1.29 is 15.0 Å². The number of nitrogens with one attached hydrogen (secondary N) is 1. The van der Waals surface area contributed by atoms with Gasteiger partial charge in [-0.15, -0.1) is 0 Å². The Morgan fingerprint density at radius 1 is 1.47 bits per heavy atom. The molecule has 0 bridgehead atoms. The number of aromatic nitrogens is 1. The van der Waals surface area contributed by atoms with Gasteiger partial charge in [0.25, 0.3) is 0 Å². The van der Waals surface area contributed by atoms with Crippen molar-refractivity contribution in [3.8, 4) is 0 Å². The van der Waals surface area contributed by atoms with Gasteiger partial charge in [0, 0.05) is 12.0 Å². The average molecular weight is 264 g/mol. The second-order valence-corrected chi connectivity index (χ2v) is 5.62. The van der Waals surface area contributed by atoms with E-state index in [0.29, 0.717) is 12.4 Å². The first-order chi connectivity index (χ1) is 8.94. The molecule has 1 heterocycles. The van der Waals surface area contributed by atoms with E-state index in [1.54, 1.807) is 12.1 Å². The monoisotopic (exact) mass is 264 g/mol. The highest BCUT2D eigenvalue weighted by Crippen LogP contribution is 2.50. The largest absolute Gasteiger partial charge is 0.477 e. The lowest BCUT2D eigenvalue weighted by Crippen LogP contribution is -2.33. The van der Waals surface area contributed by atoms with E-state index in [-0.39, 0.29) is 23.1 Å². The summed E-state index contributed by atoms with van der Waals surface area (Å²) in [5.41, 5.74) is -0.0472. The molecule has 0 radical (unpaired) electrons. The Balaban J connectivity index is 1.99. The van der Waals surface area contributed by atoms with Gasteiger partial charge in [0.2, 0.25) is 0 Å². The summed E-state index contributed by atoms with van der Waals surface area (Å²) < 4.78 is 0. The second-order valence-electron chi connectivity index (χ2n) is 5.62. The minimum atomic E-state index is -1.04. The van der Waals surface area contributed by atoms with E-state index in [0.717, 1.165) is 12.8 Å². The van der Waals surface area contributed by atoms with Crippen LogP contribution in [0.2, 0.25) is 0 Å². The fourth-order valence-corrected chi connectivity index (χ4v) is 2.36. The normalized spacial score (nSPS) is 18.1. The fraction of sp³-hybridized carbons (Fsp3) is 0.571. The van der Waals surface area contributed by atoms with E-state index < -0.39 is 5.97 Å². The van der Waals surface area contributed by atoms with Gasteiger partial charge in [0.1, 0.15) is 5.82 Å². The first kappa shape index (κ1) is 13.8. The minimum absolute atomic E-state index is 0.0271. The van der Waals surface area contributed by atoms with Crippen LogP contribution in [-0.4, -0.2) is 33.8 Å². The van der Waals surface area contributed by atoms with Gasteiger partial charge in [-0.25, -0.2) is 9.78 Å². The maximum Gasteiger partial charge on any atom is 0.354 e. The zero-order valence-corrected chi connectivity index (χ0v) is 11.3. The molecule has 0 amide bonds. The zero-order chi connectivity index (χ0) is 14.0. The lowest BCUT2D eigenvalue weighted by Gasteiger charge is -2.25. The summed E-state index contributed by atoms with van der Waals surface area (Å²) in [4.78, 5) is 14.8. The van der Waals surface area contributed by atoms with Crippen molar-refractivity contribution >= 4 is 11.8 Å². The van der Waals surface area contributed by atoms with Crippen LogP contribution in [0, 0.1) is 11.3 Å². The van der Waals surface area contributed by atoms with Crippen LogP contribution in [0.5, 0.6) is 0 Å². The Bertz CT molecular complexity index is 470. The van der Waals surface area contributed by atoms with E-state index in [2.05, 4.69) is 10.3 Å². The molecular weight excluding hydrogens is 244 g/mol. The zero-order valence-electron chi connectivity index (χ0n) is 11.3. The van der Waals surface area contributed by atoms with Crippen molar-refractivity contribution in [3.05, 3.63) is 23.9 Å². The Hall–Kier alpha value is -1.62. The lowest BCUT2D eigenvalue weighted by atomic mass is 9.90. The van der Waals surface area contributed by atoms with Crippen LogP contribution < -0.4 is 5.32 Å². The molecule has 1 aromatic rings. The van der Waals surface area contributed by atoms with E-state index >= 15 is 0 Å². The number of aliphatic hydroxyl groups is 1. The smallest absolute Gasteiger partial charge is 0.354 e. The molecule has 1 unspecified atom stereocenters. The third kappa shape index (κ3) is 3.04. The number of nitrogens with zero attached hydrogens (tertiary/aromatic N) is 1. The molecular formula is C14H20N2O3. The number of aliphatic hydroxyl groups excluding tert-OH is 1. The second kappa shape index (κ2) is 5.17. The van der Waals surface area contributed by atoms with Crippen LogP contribution in [0.15, 0.2) is 18.2 Å². The molecule has 0 aliphatic heterocycles. The molecule has 0 saturated heterocycles. The van der Waals surface area contributed by atoms with Gasteiger partial charge in [-0.05, 0) is 30.9 Å². The number of aromatic carboxylic acids is 1. The van der Waals surface area contributed by atoms with Crippen molar-refractivity contribution in [1.82, 2.24) is 4.98 Å². The minimum Gasteiger partial charge on any atom is -0.477 e. The van der Waals surface area contributed by atoms with Crippen molar-refractivity contribution in [2.24, 2.45) is 11.3 Å². The highest BCUT2D eigenvalue weighted by Gasteiger charge is 2.49. The average Bonchev–Trinajstić information content (AvgIpc) is 3.17. The number of carboxylic acid groups (broad SMARTS) is 1. The SMILES string of the molecule is CC(C)C(O)C1(CNc2cccc(C(=O)O)n2)CC1. The number of pyridine rings is 1. The third-order valence-corrected chi connectivity index (χ3v) is 3.74. The summed E-state index contributed by atoms with van der Waals surface area (Å²) in [6.07, 6.45) is 1.67. The van der Waals surface area contributed by atoms with Gasteiger partial charge >= 0.3 is 5.97 Å². The van der Waals surface area contributed by atoms with Crippen molar-refractivity contribution in [2.45, 2.75) is 32.8 Å². The Kier molecular flexibility index (Phi) is 3.75. The summed E-state index contributed by atoms with van der Waals surface area (Å²) in [7, 11) is 0. The summed E-state index contributed by atoms with van der Waals surface area (Å²) in [6, 6.07) is 4.87. The quantitative estimate of drug-likeness (QED) is 0.732. The molecule has 0 spiro atoms. The molecule has 1 aromatic heterocycles. The summed E-state index contributed by atoms with van der Waals surface area (Å²) in [6.45, 7) is 4.64. The van der Waals surface area contributed by atoms with E-state index in [4.69, 9.17) is 5.11 Å². The number of carboxylic acids is 1. The molecule has 3 N–H and O–H groups in total. The number of anilines is 1. The van der Waals surface area contributed by atoms with Gasteiger partial charge in [0.05, 0.1) is 6.10 Å². The van der Waals surface area contributed by atoms with Gasteiger partial charge in [-0.2, -0.15) is 0 Å². The molecule has 19 heavy (non-hydrogen) atoms. The Labute approximate surface area is 112 Å². The highest BCUT2D eigenvalue weighted by molar-refractivity contribution is 5.85. The van der Waals surface area contributed by atoms with Crippen molar-refractivity contribution in [3.63, 3.8) is 0 Å². The van der Waals surface area contributed by atoms with Gasteiger partial charge in [0.15, 0.2) is 5.69 Å². The number of hydrogen-bond donors (Lipinski definition) is 3. The Morgan fingerprint density at radius 2 is 2.16 bits per heavy atom. The van der Waals surface area contributed by atoms with Crippen LogP contribution in [0.4, 0.5) is 5.82 Å². The van der Waals surface area contributed by atoms with Crippen LogP contribution >= 0.6 is 0 Å². The molecule has 1 saturated carbocycles. The number of hydrogen-bond acceptors (Lipinski definition) is 4. The molecule has 1 aliphatic carbocycles. The van der Waals surface area contributed by atoms with E-state index in [1.807, 2.05) is 13.8 Å². The lowest BCUT2D eigenvalue weighted by molar-refractivity contribution is 0.0566. The van der Waals surface area contributed by atoms with Gasteiger partial charge < -0.3 is 15.5 Å². The standard InChI is InChI=1S/C14H20N2O3/c1-9(2)12(17)14(6-7-14)8-15-11-5-3-4-10(16-11)13(18)19/h3-5,9,12,17H,6-8H2,1-2H3,(H,15,16)(H,18,19). The first-order valence-corrected chi connectivity index (χ1v) is 6.57. The maximum atomic E-state index is 10.8. The van der Waals surface area contributed by atoms with Crippen LogP contribution in [0.1, 0.15) is 37.2 Å². The van der Waals surface area contributed by atoms with E-state index in [9.17, 15) is 9.90 Å². The molecule has 1 aliphatic rings. The topological polar surface area (TPSA) is 82.5 Å². The van der Waals surface area contributed by atoms with Crippen LogP contribution in [0.3, 0.4) is 0 Å². The van der Waals surface area contributed by atoms with Crippen molar-refractivity contribution in [2.75, 3.05) is 11.9 Å². The third-order valence-electron chi connectivity index (χ3n) is 3.74. The maximum absolute atomic E-state index is 10.8. The number of rotatable bonds is 6. The summed E-state index contributed by atoms with van der Waals surface area (Å²) in [5, 5.41) is 22.2. The molecule has 1 atom stereocenters. The first-order valence-electron chi connectivity index (χ1n) is 6.57. The molecule has 2 rings (SSSR count). The summed E-state index contributed by atoms with van der Waals surface area (Å²) >= 11 is 0. The number of carbonyl (C=O) groups is 1. The molecule has 104 valence electrons. The molecule has 0 aromatic carbocycles. The Morgan fingerprint density at radius 3 is 2.68 bits per heavy atom. The van der Waals surface area contributed by atoms with Crippen molar-refractivity contribution in [1.29, 1.82) is 0 Å². The van der Waals surface area contributed by atoms with Gasteiger partial charge in [-0.1, -0.05) is 19.9 Å². The highest BCUT2D eigenvalue weighted by atomic mass is 16.4.